The van der Waals surface area contributed by atoms with Crippen molar-refractivity contribution in [2.24, 2.45) is 11.5 Å². The fourth-order valence-corrected chi connectivity index (χ4v) is 4.03. The molecule has 0 aromatic carbocycles. The number of nitrogens with zero attached hydrogens (tertiary/aromatic N) is 4. The second-order valence-electron chi connectivity index (χ2n) is 8.36. The Morgan fingerprint density at radius 2 is 2.09 bits per heavy atom. The Morgan fingerprint density at radius 3 is 2.88 bits per heavy atom. The number of carbonyl (C=O) groups excluding carboxylic acids is 1. The van der Waals surface area contributed by atoms with Gasteiger partial charge in [-0.05, 0) is 42.5 Å². The van der Waals surface area contributed by atoms with Crippen molar-refractivity contribution in [2.75, 3.05) is 0 Å². The Morgan fingerprint density at radius 1 is 1.24 bits per heavy atom. The molecule has 0 atom stereocenters. The topological polar surface area (TPSA) is 128 Å². The molecule has 0 unspecified atom stereocenters. The molecule has 4 heterocycles. The molecule has 0 saturated heterocycles. The van der Waals surface area contributed by atoms with E-state index in [1.807, 2.05) is 16.7 Å². The van der Waals surface area contributed by atoms with Gasteiger partial charge in [-0.15, -0.1) is 0 Å². The summed E-state index contributed by atoms with van der Waals surface area (Å²) in [5.74, 6) is 0.561. The zero-order valence-electron chi connectivity index (χ0n) is 18.4. The van der Waals surface area contributed by atoms with Crippen molar-refractivity contribution in [1.29, 1.82) is 0 Å². The third-order valence-corrected chi connectivity index (χ3v) is 5.96. The van der Waals surface area contributed by atoms with E-state index >= 15 is 0 Å². The summed E-state index contributed by atoms with van der Waals surface area (Å²) in [6, 6.07) is 7.71. The summed E-state index contributed by atoms with van der Waals surface area (Å²) in [4.78, 5) is 21.4. The Hall–Kier alpha value is -3.98. The zero-order chi connectivity index (χ0) is 23.7. The largest absolute Gasteiger partial charge is 0.403 e. The molecule has 4 aromatic heterocycles. The van der Waals surface area contributed by atoms with Crippen molar-refractivity contribution in [3.05, 3.63) is 95.0 Å². The van der Waals surface area contributed by atoms with Crippen LogP contribution in [0.15, 0.2) is 73.0 Å². The smallest absolute Gasteiger partial charge is 0.231 e. The Labute approximate surface area is 201 Å². The molecule has 1 aliphatic rings. The van der Waals surface area contributed by atoms with Crippen LogP contribution in [0.3, 0.4) is 0 Å². The summed E-state index contributed by atoms with van der Waals surface area (Å²) in [5.41, 5.74) is 16.8. The molecule has 1 aliphatic carbocycles. The highest BCUT2D eigenvalue weighted by atomic mass is 35.5. The van der Waals surface area contributed by atoms with Gasteiger partial charge in [-0.2, -0.15) is 0 Å². The molecule has 1 amide bonds. The molecule has 0 spiro atoms. The van der Waals surface area contributed by atoms with Crippen molar-refractivity contribution < 1.29 is 4.79 Å². The van der Waals surface area contributed by atoms with Crippen LogP contribution in [0.5, 0.6) is 0 Å². The molecular formula is C24H25ClN8O. The van der Waals surface area contributed by atoms with Gasteiger partial charge in [-0.25, -0.2) is 9.97 Å². The molecule has 0 radical (unpaired) electrons. The van der Waals surface area contributed by atoms with Gasteiger partial charge in [0.1, 0.15) is 11.5 Å². The molecule has 0 bridgehead atoms. The number of fused-ring (bicyclic) bond motifs is 2. The van der Waals surface area contributed by atoms with Crippen LogP contribution in [0.1, 0.15) is 35.7 Å². The molecule has 5 rings (SSSR count). The Kier molecular flexibility index (Phi) is 5.85. The lowest BCUT2D eigenvalue weighted by molar-refractivity contribution is -0.119. The van der Waals surface area contributed by atoms with E-state index in [0.717, 1.165) is 16.9 Å². The molecule has 6 N–H and O–H groups in total. The van der Waals surface area contributed by atoms with Crippen molar-refractivity contribution >= 4 is 28.7 Å². The SMILES string of the molecule is N/C=C(\C=C(/N)NC(=O)Cc1ncn2ccc(Cl)cc12)NCc1cn2cc(C3CC3)ccc2n1. The monoisotopic (exact) mass is 476 g/mol. The van der Waals surface area contributed by atoms with Gasteiger partial charge in [0.15, 0.2) is 0 Å². The number of carbonyl (C=O) groups is 1. The third-order valence-electron chi connectivity index (χ3n) is 5.73. The van der Waals surface area contributed by atoms with Crippen LogP contribution >= 0.6 is 11.6 Å². The summed E-state index contributed by atoms with van der Waals surface area (Å²) in [7, 11) is 0. The van der Waals surface area contributed by atoms with E-state index in [4.69, 9.17) is 23.1 Å². The number of nitrogens with two attached hydrogens (primary N) is 2. The predicted octanol–water partition coefficient (Wildman–Crippen LogP) is 2.56. The number of hydrogen-bond donors (Lipinski definition) is 4. The van der Waals surface area contributed by atoms with Crippen LogP contribution in [0, 0.1) is 0 Å². The summed E-state index contributed by atoms with van der Waals surface area (Å²) in [5, 5.41) is 6.44. The first-order valence-corrected chi connectivity index (χ1v) is 11.4. The molecule has 34 heavy (non-hydrogen) atoms. The maximum Gasteiger partial charge on any atom is 0.231 e. The van der Waals surface area contributed by atoms with Gasteiger partial charge in [0.2, 0.25) is 5.91 Å². The number of allylic oxidation sites excluding steroid dienone is 1. The molecule has 0 aliphatic heterocycles. The van der Waals surface area contributed by atoms with E-state index in [0.29, 0.717) is 28.9 Å². The van der Waals surface area contributed by atoms with E-state index in [2.05, 4.69) is 32.9 Å². The standard InChI is InChI=1S/C24H25ClN8O/c25-17-5-6-32-14-29-20(21(32)7-17)9-24(34)31-22(27)8-18(10-26)28-11-19-13-33-12-16(15-1-2-15)3-4-23(33)30-19/h3-8,10,12-15,28H,1-2,9,11,26-27H2,(H,31,34)/b18-10+,22-8+. The lowest BCUT2D eigenvalue weighted by Crippen LogP contribution is -2.29. The molecular weight excluding hydrogens is 452 g/mol. The number of imidazole rings is 2. The number of aromatic nitrogens is 4. The maximum atomic E-state index is 12.5. The van der Waals surface area contributed by atoms with Gasteiger partial charge in [0, 0.05) is 35.9 Å². The van der Waals surface area contributed by atoms with Crippen LogP contribution in [0.4, 0.5) is 0 Å². The fourth-order valence-electron chi connectivity index (χ4n) is 3.87. The molecule has 174 valence electrons. The van der Waals surface area contributed by atoms with Gasteiger partial charge < -0.3 is 30.9 Å². The average Bonchev–Trinajstić information content (AvgIpc) is 3.48. The highest BCUT2D eigenvalue weighted by molar-refractivity contribution is 6.30. The van der Waals surface area contributed by atoms with Crippen molar-refractivity contribution in [3.8, 4) is 0 Å². The van der Waals surface area contributed by atoms with Gasteiger partial charge in [0.25, 0.3) is 0 Å². The van der Waals surface area contributed by atoms with Gasteiger partial charge in [-0.3, -0.25) is 4.79 Å². The van der Waals surface area contributed by atoms with Gasteiger partial charge >= 0.3 is 0 Å². The minimum absolute atomic E-state index is 0.0601. The minimum atomic E-state index is -0.294. The quantitative estimate of drug-likeness (QED) is 0.289. The zero-order valence-corrected chi connectivity index (χ0v) is 19.2. The number of pyridine rings is 2. The predicted molar refractivity (Wildman–Crippen MR) is 131 cm³/mol. The number of rotatable bonds is 8. The van der Waals surface area contributed by atoms with Crippen LogP contribution in [-0.2, 0) is 17.8 Å². The lowest BCUT2D eigenvalue weighted by atomic mass is 10.2. The molecule has 1 saturated carbocycles. The van der Waals surface area contributed by atoms with Crippen molar-refractivity contribution in [1.82, 2.24) is 29.4 Å². The van der Waals surface area contributed by atoms with Gasteiger partial charge in [-0.1, -0.05) is 17.7 Å². The first-order valence-electron chi connectivity index (χ1n) is 11.0. The highest BCUT2D eigenvalue weighted by Gasteiger charge is 2.23. The summed E-state index contributed by atoms with van der Waals surface area (Å²) in [6.07, 6.45) is 13.1. The summed E-state index contributed by atoms with van der Waals surface area (Å²) < 4.78 is 3.85. The Bertz CT molecular complexity index is 1430. The van der Waals surface area contributed by atoms with E-state index in [1.54, 1.807) is 35.1 Å². The third kappa shape index (κ3) is 4.84. The second kappa shape index (κ2) is 9.11. The van der Waals surface area contributed by atoms with Crippen LogP contribution < -0.4 is 22.1 Å². The maximum absolute atomic E-state index is 12.5. The lowest BCUT2D eigenvalue weighted by Gasteiger charge is -2.08. The Balaban J connectivity index is 1.19. The minimum Gasteiger partial charge on any atom is -0.403 e. The number of hydrogen-bond acceptors (Lipinski definition) is 6. The van der Waals surface area contributed by atoms with E-state index in [-0.39, 0.29) is 18.1 Å². The average molecular weight is 477 g/mol. The van der Waals surface area contributed by atoms with E-state index in [1.165, 1.54) is 24.6 Å². The van der Waals surface area contributed by atoms with E-state index < -0.39 is 0 Å². The summed E-state index contributed by atoms with van der Waals surface area (Å²) >= 11 is 6.06. The molecule has 4 aromatic rings. The van der Waals surface area contributed by atoms with E-state index in [9.17, 15) is 4.79 Å². The highest BCUT2D eigenvalue weighted by Crippen LogP contribution is 2.39. The first-order chi connectivity index (χ1) is 16.5. The number of nitrogens with one attached hydrogen (secondary N) is 2. The number of amides is 1. The van der Waals surface area contributed by atoms with Crippen LogP contribution in [0.25, 0.3) is 11.2 Å². The van der Waals surface area contributed by atoms with Crippen LogP contribution in [-0.4, -0.2) is 24.7 Å². The fraction of sp³-hybridized carbons (Fsp3) is 0.208. The molecule has 1 fully saturated rings. The van der Waals surface area contributed by atoms with Gasteiger partial charge in [0.05, 0.1) is 41.9 Å². The van der Waals surface area contributed by atoms with Crippen molar-refractivity contribution in [3.63, 3.8) is 0 Å². The second-order valence-corrected chi connectivity index (χ2v) is 8.80. The number of halogens is 1. The van der Waals surface area contributed by atoms with Crippen molar-refractivity contribution in [2.45, 2.75) is 31.7 Å². The summed E-state index contributed by atoms with van der Waals surface area (Å²) in [6.45, 7) is 0.461. The molecule has 10 heteroatoms. The normalized spacial score (nSPS) is 14.6. The van der Waals surface area contributed by atoms with Crippen LogP contribution in [0.2, 0.25) is 5.02 Å². The molecule has 9 nitrogen and oxygen atoms in total. The first kappa shape index (κ1) is 21.8.